The summed E-state index contributed by atoms with van der Waals surface area (Å²) in [5.74, 6) is -0.543. The van der Waals surface area contributed by atoms with E-state index in [4.69, 9.17) is 18.9 Å². The molecule has 8 nitrogen and oxygen atoms in total. The predicted octanol–water partition coefficient (Wildman–Crippen LogP) is 20.5. The Kier molecular flexibility index (Phi) is 23.4. The standard InChI is InChI=1S/C21H26O2.C20H24O2.C19H24O2.C18H22O2/c1-3-16(2)20(22)23-21(13-7-4-8-14-21)19-12-11-17-9-5-6-10-18(17)15-19;1-3-15(2)19(21)22-20(12-6-7-13-20)18-11-10-16-8-4-5-9-17(16)14-18;1-5-14(3)18(20)21-19(4,6-2)17-12-11-15-9-7-8-10-16(15)13-17;1-5-13(2)17(19)20-18(3,4)16-11-10-14-8-6-7-9-15(14)12-16/h5-6,9-12,15-16H,3-4,7-8,13-14H2,1-2H3;4-5,8-11,14-15H,3,6-7,12-13H2,1-2H3;7-14H,5-6H2,1-4H3;6-13H,5H2,1-4H3. The molecular formula is C78H96O8. The number of fused-ring (bicyclic) bond motifs is 4. The molecule has 0 bridgehead atoms. The third kappa shape index (κ3) is 16.6. The van der Waals surface area contributed by atoms with Crippen LogP contribution in [0.5, 0.6) is 0 Å². The van der Waals surface area contributed by atoms with Crippen LogP contribution in [0, 0.1) is 23.7 Å². The monoisotopic (exact) mass is 1160 g/mol. The van der Waals surface area contributed by atoms with Gasteiger partial charge in [0.2, 0.25) is 0 Å². The molecule has 8 heteroatoms. The van der Waals surface area contributed by atoms with Crippen molar-refractivity contribution < 1.29 is 38.1 Å². The Bertz CT molecular complexity index is 3530. The fraction of sp³-hybridized carbons (Fsp3) is 0.436. The summed E-state index contributed by atoms with van der Waals surface area (Å²) in [4.78, 5) is 49.0. The summed E-state index contributed by atoms with van der Waals surface area (Å²) in [6, 6.07) is 58.6. The number of hydrogen-bond acceptors (Lipinski definition) is 8. The van der Waals surface area contributed by atoms with E-state index in [2.05, 4.69) is 146 Å². The van der Waals surface area contributed by atoms with Crippen LogP contribution < -0.4 is 0 Å². The number of ether oxygens (including phenoxy) is 4. The summed E-state index contributed by atoms with van der Waals surface area (Å²) in [5.41, 5.74) is 2.38. The van der Waals surface area contributed by atoms with E-state index in [-0.39, 0.29) is 47.5 Å². The third-order valence-electron chi connectivity index (χ3n) is 18.4. The first kappa shape index (κ1) is 66.2. The highest BCUT2D eigenvalue weighted by Gasteiger charge is 2.41. The normalized spacial score (nSPS) is 16.5. The number of benzene rings is 8. The van der Waals surface area contributed by atoms with E-state index < -0.39 is 22.4 Å². The van der Waals surface area contributed by atoms with Crippen LogP contribution in [0.2, 0.25) is 0 Å². The smallest absolute Gasteiger partial charge is 0.309 e. The lowest BCUT2D eigenvalue weighted by atomic mass is 9.78. The van der Waals surface area contributed by atoms with Crippen molar-refractivity contribution in [2.75, 3.05) is 0 Å². The molecule has 5 atom stereocenters. The van der Waals surface area contributed by atoms with Crippen molar-refractivity contribution in [2.45, 2.75) is 195 Å². The molecule has 456 valence electrons. The molecule has 2 aliphatic rings. The summed E-state index contributed by atoms with van der Waals surface area (Å²) in [5, 5.41) is 9.63. The van der Waals surface area contributed by atoms with Crippen molar-refractivity contribution in [1.82, 2.24) is 0 Å². The Balaban J connectivity index is 0.000000164. The van der Waals surface area contributed by atoms with Gasteiger partial charge >= 0.3 is 23.9 Å². The molecule has 0 amide bonds. The minimum atomic E-state index is -0.607. The molecule has 0 N–H and O–H groups in total. The van der Waals surface area contributed by atoms with Gasteiger partial charge in [-0.15, -0.1) is 0 Å². The zero-order valence-electron chi connectivity index (χ0n) is 53.6. The molecule has 86 heavy (non-hydrogen) atoms. The zero-order valence-corrected chi connectivity index (χ0v) is 53.6. The van der Waals surface area contributed by atoms with Gasteiger partial charge in [0.1, 0.15) is 22.4 Å². The van der Waals surface area contributed by atoms with E-state index in [0.29, 0.717) is 0 Å². The van der Waals surface area contributed by atoms with Crippen LogP contribution in [0.25, 0.3) is 43.1 Å². The van der Waals surface area contributed by atoms with Crippen molar-refractivity contribution in [3.05, 3.63) is 192 Å². The van der Waals surface area contributed by atoms with Gasteiger partial charge in [-0.05, 0) is 194 Å². The molecule has 10 rings (SSSR count). The second kappa shape index (κ2) is 30.3. The molecule has 0 aliphatic heterocycles. The predicted molar refractivity (Wildman–Crippen MR) is 354 cm³/mol. The maximum Gasteiger partial charge on any atom is 0.309 e. The lowest BCUT2D eigenvalue weighted by Gasteiger charge is -2.38. The number of rotatable bonds is 17. The van der Waals surface area contributed by atoms with Gasteiger partial charge in [-0.25, -0.2) is 0 Å². The molecule has 0 aromatic heterocycles. The minimum absolute atomic E-state index is 0.0297. The van der Waals surface area contributed by atoms with Crippen molar-refractivity contribution in [1.29, 1.82) is 0 Å². The van der Waals surface area contributed by atoms with Gasteiger partial charge in [0.15, 0.2) is 0 Å². The lowest BCUT2D eigenvalue weighted by molar-refractivity contribution is -0.170. The van der Waals surface area contributed by atoms with Crippen LogP contribution in [-0.2, 0) is 60.5 Å². The van der Waals surface area contributed by atoms with Crippen LogP contribution in [-0.4, -0.2) is 23.9 Å². The van der Waals surface area contributed by atoms with Gasteiger partial charge in [-0.3, -0.25) is 19.2 Å². The number of esters is 4. The molecule has 8 aromatic carbocycles. The highest BCUT2D eigenvalue weighted by Crippen LogP contribution is 2.45. The van der Waals surface area contributed by atoms with E-state index in [1.54, 1.807) is 0 Å². The van der Waals surface area contributed by atoms with E-state index in [1.165, 1.54) is 44.1 Å². The molecule has 0 saturated heterocycles. The van der Waals surface area contributed by atoms with Crippen LogP contribution in [0.4, 0.5) is 0 Å². The minimum Gasteiger partial charge on any atom is -0.455 e. The van der Waals surface area contributed by atoms with Crippen molar-refractivity contribution >= 4 is 67.0 Å². The maximum atomic E-state index is 12.5. The van der Waals surface area contributed by atoms with E-state index in [0.717, 1.165) is 111 Å². The van der Waals surface area contributed by atoms with Gasteiger partial charge in [0.05, 0.1) is 23.7 Å². The highest BCUT2D eigenvalue weighted by molar-refractivity contribution is 5.86. The Hall–Kier alpha value is -7.32. The van der Waals surface area contributed by atoms with Gasteiger partial charge < -0.3 is 18.9 Å². The molecule has 8 aromatic rings. The first-order valence-corrected chi connectivity index (χ1v) is 32.1. The van der Waals surface area contributed by atoms with Gasteiger partial charge in [-0.1, -0.05) is 214 Å². The summed E-state index contributed by atoms with van der Waals surface area (Å²) in [6.45, 7) is 23.7. The first-order chi connectivity index (χ1) is 41.2. The Morgan fingerprint density at radius 3 is 1.05 bits per heavy atom. The molecule has 5 unspecified atom stereocenters. The molecule has 2 fully saturated rings. The average Bonchev–Trinajstić information content (AvgIpc) is 3.24. The Morgan fingerprint density at radius 1 is 0.372 bits per heavy atom. The fourth-order valence-electron chi connectivity index (χ4n) is 11.3. The summed E-state index contributed by atoms with van der Waals surface area (Å²) in [7, 11) is 0. The second-order valence-electron chi connectivity index (χ2n) is 25.0. The highest BCUT2D eigenvalue weighted by atomic mass is 16.6. The van der Waals surface area contributed by atoms with E-state index in [1.807, 2.05) is 106 Å². The van der Waals surface area contributed by atoms with Crippen molar-refractivity contribution in [3.8, 4) is 0 Å². The lowest BCUT2D eigenvalue weighted by Crippen LogP contribution is -2.36. The van der Waals surface area contributed by atoms with Gasteiger partial charge in [0.25, 0.3) is 0 Å². The molecule has 2 saturated carbocycles. The maximum absolute atomic E-state index is 12.5. The molecule has 2 aliphatic carbocycles. The SMILES string of the molecule is CCC(C)C(=O)OC(C)(C)c1ccc2ccccc2c1.CCC(C)C(=O)OC(C)(CC)c1ccc2ccccc2c1.CCC(C)C(=O)OC1(c2ccc3ccccc3c2)CCCC1.CCC(C)C(=O)OC1(c2ccc3ccccc3c2)CCCCC1. The second-order valence-corrected chi connectivity index (χ2v) is 25.0. The van der Waals surface area contributed by atoms with Gasteiger partial charge in [-0.2, -0.15) is 0 Å². The summed E-state index contributed by atoms with van der Waals surface area (Å²) in [6.07, 6.45) is 13.5. The molecule has 0 heterocycles. The number of hydrogen-bond donors (Lipinski definition) is 0. The molecular weight excluding hydrogens is 1060 g/mol. The number of carbonyl (C=O) groups is 4. The Morgan fingerprint density at radius 2 is 0.674 bits per heavy atom. The van der Waals surface area contributed by atoms with Crippen LogP contribution in [0.15, 0.2) is 170 Å². The fourth-order valence-corrected chi connectivity index (χ4v) is 11.3. The van der Waals surface area contributed by atoms with Gasteiger partial charge in [0, 0.05) is 0 Å². The largest absolute Gasteiger partial charge is 0.455 e. The van der Waals surface area contributed by atoms with Crippen LogP contribution in [0.1, 0.15) is 195 Å². The van der Waals surface area contributed by atoms with E-state index in [9.17, 15) is 19.2 Å². The molecule has 0 radical (unpaired) electrons. The van der Waals surface area contributed by atoms with Crippen LogP contribution in [0.3, 0.4) is 0 Å². The summed E-state index contributed by atoms with van der Waals surface area (Å²) >= 11 is 0. The topological polar surface area (TPSA) is 105 Å². The third-order valence-corrected chi connectivity index (χ3v) is 18.4. The van der Waals surface area contributed by atoms with Crippen LogP contribution >= 0.6 is 0 Å². The first-order valence-electron chi connectivity index (χ1n) is 32.1. The summed E-state index contributed by atoms with van der Waals surface area (Å²) < 4.78 is 23.7. The van der Waals surface area contributed by atoms with E-state index >= 15 is 0 Å². The van der Waals surface area contributed by atoms with Crippen molar-refractivity contribution in [3.63, 3.8) is 0 Å². The zero-order chi connectivity index (χ0) is 62.1. The van der Waals surface area contributed by atoms with Crippen molar-refractivity contribution in [2.24, 2.45) is 23.7 Å². The molecule has 0 spiro atoms. The quantitative estimate of drug-likeness (QED) is 0.0656. The number of carbonyl (C=O) groups excluding carboxylic acids is 4. The average molecular weight is 1160 g/mol. The Labute approximate surface area is 513 Å².